The van der Waals surface area contributed by atoms with Gasteiger partial charge in [0.25, 0.3) is 11.7 Å². The molecule has 1 N–H and O–H groups in total. The lowest BCUT2D eigenvalue weighted by atomic mass is 10.6. The molecule has 0 saturated heterocycles. The molecule has 54 valence electrons. The van der Waals surface area contributed by atoms with Crippen molar-refractivity contribution in [2.45, 2.75) is 0 Å². The van der Waals surface area contributed by atoms with Crippen molar-refractivity contribution >= 4 is 5.91 Å². The van der Waals surface area contributed by atoms with Crippen molar-refractivity contribution in [3.8, 4) is 0 Å². The van der Waals surface area contributed by atoms with Gasteiger partial charge in [0.1, 0.15) is 0 Å². The van der Waals surface area contributed by atoms with E-state index < -0.39 is 0 Å². The van der Waals surface area contributed by atoms with E-state index in [1.165, 1.54) is 11.8 Å². The van der Waals surface area contributed by atoms with Gasteiger partial charge in [0.05, 0.1) is 7.05 Å². The molecular weight excluding hydrogens is 134 g/mol. The van der Waals surface area contributed by atoms with Gasteiger partial charge < -0.3 is 5.32 Å². The molecule has 0 bridgehead atoms. The molecule has 0 aliphatic rings. The Kier molecular flexibility index (Phi) is 1.61. The fourth-order valence-electron chi connectivity index (χ4n) is 0.487. The third-order valence-corrected chi connectivity index (χ3v) is 0.938. The average Bonchev–Trinajstić information content (AvgIpc) is 2.34. The van der Waals surface area contributed by atoms with E-state index >= 15 is 0 Å². The number of nitrogens with zero attached hydrogens (tertiary/aromatic N) is 4. The van der Waals surface area contributed by atoms with E-state index in [1.807, 2.05) is 0 Å². The minimum absolute atomic E-state index is 0.0880. The van der Waals surface area contributed by atoms with Crippen molar-refractivity contribution in [3.05, 3.63) is 5.82 Å². The van der Waals surface area contributed by atoms with Crippen molar-refractivity contribution in [2.75, 3.05) is 7.05 Å². The summed E-state index contributed by atoms with van der Waals surface area (Å²) >= 11 is 0. The molecule has 1 aromatic heterocycles. The van der Waals surface area contributed by atoms with Crippen LogP contribution in [0.3, 0.4) is 0 Å². The van der Waals surface area contributed by atoms with Crippen LogP contribution in [0.4, 0.5) is 0 Å². The van der Waals surface area contributed by atoms with Crippen LogP contribution in [-0.4, -0.2) is 33.2 Å². The highest BCUT2D eigenvalue weighted by molar-refractivity contribution is 5.89. The van der Waals surface area contributed by atoms with Crippen molar-refractivity contribution in [1.29, 1.82) is 0 Å². The zero-order valence-corrected chi connectivity index (χ0v) is 5.70. The van der Waals surface area contributed by atoms with E-state index in [-0.39, 0.29) is 11.7 Å². The quantitative estimate of drug-likeness (QED) is 0.520. The van der Waals surface area contributed by atoms with Gasteiger partial charge in [-0.15, -0.1) is 10.2 Å². The Morgan fingerprint density at radius 3 is 2.80 bits per heavy atom. The highest BCUT2D eigenvalue weighted by Crippen LogP contribution is 1.81. The largest absolute Gasteiger partial charge is 0.352 e. The first-order valence-electron chi connectivity index (χ1n) is 2.70. The van der Waals surface area contributed by atoms with Crippen molar-refractivity contribution < 1.29 is 4.79 Å². The molecule has 1 heterocycles. The smallest absolute Gasteiger partial charge is 0.292 e. The summed E-state index contributed by atoms with van der Waals surface area (Å²) in [5.41, 5.74) is 0. The molecule has 0 aromatic carbocycles. The standard InChI is InChI=1S/C4H7N5O/c1-5-4(10)3-6-8-9(2)7-3/h1-2H3,(H,5,10). The third kappa shape index (κ3) is 1.09. The molecule has 10 heavy (non-hydrogen) atoms. The molecule has 0 atom stereocenters. The fraction of sp³-hybridized carbons (Fsp3) is 0.500. The van der Waals surface area contributed by atoms with Gasteiger partial charge in [-0.1, -0.05) is 0 Å². The summed E-state index contributed by atoms with van der Waals surface area (Å²) in [7, 11) is 3.11. The monoisotopic (exact) mass is 141 g/mol. The number of rotatable bonds is 1. The van der Waals surface area contributed by atoms with Crippen LogP contribution in [0.1, 0.15) is 10.6 Å². The molecule has 1 rings (SSSR count). The van der Waals surface area contributed by atoms with Crippen LogP contribution in [0.15, 0.2) is 0 Å². The molecule has 0 radical (unpaired) electrons. The number of amides is 1. The molecule has 1 amide bonds. The highest BCUT2D eigenvalue weighted by Gasteiger charge is 2.07. The lowest BCUT2D eigenvalue weighted by Crippen LogP contribution is -2.19. The Hall–Kier alpha value is -1.46. The Morgan fingerprint density at radius 2 is 2.40 bits per heavy atom. The predicted octanol–water partition coefficient (Wildman–Crippen LogP) is -1.43. The number of aryl methyl sites for hydroxylation is 1. The van der Waals surface area contributed by atoms with E-state index in [9.17, 15) is 4.79 Å². The maximum atomic E-state index is 10.7. The molecular formula is C4H7N5O. The number of hydrogen-bond acceptors (Lipinski definition) is 4. The Labute approximate surface area is 57.2 Å². The lowest BCUT2D eigenvalue weighted by Gasteiger charge is -1.87. The Bertz CT molecular complexity index is 242. The number of carbonyl (C=O) groups is 1. The maximum Gasteiger partial charge on any atom is 0.292 e. The number of tetrazole rings is 1. The van der Waals surface area contributed by atoms with Gasteiger partial charge in [-0.3, -0.25) is 4.79 Å². The summed E-state index contributed by atoms with van der Waals surface area (Å²) in [5, 5.41) is 13.0. The van der Waals surface area contributed by atoms with Crippen LogP contribution in [0.25, 0.3) is 0 Å². The van der Waals surface area contributed by atoms with Gasteiger partial charge in [0, 0.05) is 7.05 Å². The van der Waals surface area contributed by atoms with Crippen LogP contribution in [0.2, 0.25) is 0 Å². The van der Waals surface area contributed by atoms with Crippen LogP contribution >= 0.6 is 0 Å². The second-order valence-electron chi connectivity index (χ2n) is 1.68. The van der Waals surface area contributed by atoms with Gasteiger partial charge >= 0.3 is 0 Å². The minimum Gasteiger partial charge on any atom is -0.352 e. The van der Waals surface area contributed by atoms with Crippen LogP contribution in [0, 0.1) is 0 Å². The maximum absolute atomic E-state index is 10.7. The lowest BCUT2D eigenvalue weighted by molar-refractivity contribution is 0.0952. The Morgan fingerprint density at radius 1 is 1.70 bits per heavy atom. The first-order chi connectivity index (χ1) is 4.74. The van der Waals surface area contributed by atoms with Gasteiger partial charge in [0.15, 0.2) is 0 Å². The van der Waals surface area contributed by atoms with Crippen LogP contribution in [0.5, 0.6) is 0 Å². The van der Waals surface area contributed by atoms with Crippen molar-refractivity contribution in [3.63, 3.8) is 0 Å². The van der Waals surface area contributed by atoms with E-state index in [1.54, 1.807) is 7.05 Å². The topological polar surface area (TPSA) is 72.7 Å². The van der Waals surface area contributed by atoms with Gasteiger partial charge in [-0.25, -0.2) is 0 Å². The third-order valence-electron chi connectivity index (χ3n) is 0.938. The fourth-order valence-corrected chi connectivity index (χ4v) is 0.487. The summed E-state index contributed by atoms with van der Waals surface area (Å²) in [4.78, 5) is 12.0. The van der Waals surface area contributed by atoms with E-state index in [4.69, 9.17) is 0 Å². The zero-order valence-electron chi connectivity index (χ0n) is 5.70. The molecule has 0 fully saturated rings. The number of carbonyl (C=O) groups excluding carboxylic acids is 1. The second kappa shape index (κ2) is 2.42. The second-order valence-corrected chi connectivity index (χ2v) is 1.68. The van der Waals surface area contributed by atoms with Gasteiger partial charge in [0.2, 0.25) is 0 Å². The molecule has 6 heteroatoms. The van der Waals surface area contributed by atoms with Gasteiger partial charge in [-0.05, 0) is 5.21 Å². The Balaban J connectivity index is 2.85. The van der Waals surface area contributed by atoms with Crippen molar-refractivity contribution in [1.82, 2.24) is 25.5 Å². The van der Waals surface area contributed by atoms with Gasteiger partial charge in [-0.2, -0.15) is 4.80 Å². The molecule has 6 nitrogen and oxygen atoms in total. The molecule has 1 aromatic rings. The molecule has 0 spiro atoms. The average molecular weight is 141 g/mol. The number of nitrogens with one attached hydrogen (secondary N) is 1. The molecule has 0 aliphatic heterocycles. The first kappa shape index (κ1) is 6.66. The summed E-state index contributed by atoms with van der Waals surface area (Å²) < 4.78 is 0. The highest BCUT2D eigenvalue weighted by atomic mass is 16.2. The minimum atomic E-state index is -0.326. The predicted molar refractivity (Wildman–Crippen MR) is 32.2 cm³/mol. The van der Waals surface area contributed by atoms with Crippen LogP contribution < -0.4 is 5.32 Å². The first-order valence-corrected chi connectivity index (χ1v) is 2.70. The number of hydrogen-bond donors (Lipinski definition) is 1. The van der Waals surface area contributed by atoms with Crippen molar-refractivity contribution in [2.24, 2.45) is 7.05 Å². The SMILES string of the molecule is CNC(=O)c1nnn(C)n1. The zero-order chi connectivity index (χ0) is 7.56. The van der Waals surface area contributed by atoms with E-state index in [0.29, 0.717) is 0 Å². The summed E-state index contributed by atoms with van der Waals surface area (Å²) in [5.74, 6) is -0.238. The summed E-state index contributed by atoms with van der Waals surface area (Å²) in [6.45, 7) is 0. The number of aromatic nitrogens is 4. The molecule has 0 saturated carbocycles. The summed E-state index contributed by atoms with van der Waals surface area (Å²) in [6, 6.07) is 0. The molecule has 0 aliphatic carbocycles. The van der Waals surface area contributed by atoms with Crippen LogP contribution in [-0.2, 0) is 7.05 Å². The van der Waals surface area contributed by atoms with E-state index in [0.717, 1.165) is 0 Å². The normalized spacial score (nSPS) is 9.40. The molecule has 0 unspecified atom stereocenters. The van der Waals surface area contributed by atoms with E-state index in [2.05, 4.69) is 20.7 Å². The summed E-state index contributed by atoms with van der Waals surface area (Å²) in [6.07, 6.45) is 0.